The SMILES string of the molecule is CC(C)(C)OC=O.NC(=NC(=O)C(NC(=O)C1CCc2ccccc2N1)c1ccc(Cl)cc1)c1ccccc1. The molecule has 2 unspecified atom stereocenters. The Morgan fingerprint density at radius 2 is 1.69 bits per heavy atom. The molecule has 0 aromatic heterocycles. The van der Waals surface area contributed by atoms with E-state index in [4.69, 9.17) is 17.3 Å². The van der Waals surface area contributed by atoms with Crippen LogP contribution in [0.2, 0.25) is 5.02 Å². The van der Waals surface area contributed by atoms with Gasteiger partial charge < -0.3 is 21.1 Å². The van der Waals surface area contributed by atoms with E-state index in [0.717, 1.165) is 12.1 Å². The zero-order valence-electron chi connectivity index (χ0n) is 22.2. The van der Waals surface area contributed by atoms with Gasteiger partial charge in [0.2, 0.25) is 5.91 Å². The van der Waals surface area contributed by atoms with Crippen LogP contribution in [0.3, 0.4) is 0 Å². The van der Waals surface area contributed by atoms with Gasteiger partial charge in [-0.15, -0.1) is 0 Å². The Hall–Kier alpha value is -4.17. The second-order valence-electron chi connectivity index (χ2n) is 9.91. The lowest BCUT2D eigenvalue weighted by Crippen LogP contribution is -2.45. The number of nitrogens with two attached hydrogens (primary N) is 1. The van der Waals surface area contributed by atoms with Gasteiger partial charge in [0, 0.05) is 16.3 Å². The summed E-state index contributed by atoms with van der Waals surface area (Å²) in [4.78, 5) is 39.8. The predicted molar refractivity (Wildman–Crippen MR) is 154 cm³/mol. The highest BCUT2D eigenvalue weighted by Gasteiger charge is 2.29. The Labute approximate surface area is 233 Å². The van der Waals surface area contributed by atoms with Gasteiger partial charge >= 0.3 is 0 Å². The molecule has 0 fully saturated rings. The van der Waals surface area contributed by atoms with Crippen LogP contribution in [-0.4, -0.2) is 35.8 Å². The lowest BCUT2D eigenvalue weighted by atomic mass is 9.97. The smallest absolute Gasteiger partial charge is 0.293 e. The van der Waals surface area contributed by atoms with Crippen LogP contribution < -0.4 is 16.4 Å². The molecule has 1 aliphatic heterocycles. The number of aliphatic imine (C=N–C) groups is 1. The number of hydrogen-bond donors (Lipinski definition) is 3. The second kappa shape index (κ2) is 13.6. The molecule has 4 N–H and O–H groups in total. The molecule has 2 atom stereocenters. The molecule has 9 heteroatoms. The Morgan fingerprint density at radius 3 is 2.31 bits per heavy atom. The number of nitrogens with zero attached hydrogens (tertiary/aromatic N) is 1. The van der Waals surface area contributed by atoms with E-state index in [-0.39, 0.29) is 17.3 Å². The van der Waals surface area contributed by atoms with Crippen molar-refractivity contribution in [3.05, 3.63) is 101 Å². The van der Waals surface area contributed by atoms with E-state index < -0.39 is 18.0 Å². The lowest BCUT2D eigenvalue weighted by molar-refractivity contribution is -0.138. The molecule has 0 radical (unpaired) electrons. The molecule has 0 spiro atoms. The number of hydrogen-bond acceptors (Lipinski definition) is 5. The molecule has 2 amide bonds. The molecular formula is C30H33ClN4O4. The summed E-state index contributed by atoms with van der Waals surface area (Å²) in [7, 11) is 0. The fourth-order valence-electron chi connectivity index (χ4n) is 3.82. The van der Waals surface area contributed by atoms with Gasteiger partial charge in [0.15, 0.2) is 0 Å². The highest BCUT2D eigenvalue weighted by Crippen LogP contribution is 2.25. The second-order valence-corrected chi connectivity index (χ2v) is 10.4. The molecule has 0 saturated carbocycles. The fraction of sp³-hybridized carbons (Fsp3) is 0.267. The van der Waals surface area contributed by atoms with Gasteiger partial charge in [0.05, 0.1) is 0 Å². The quantitative estimate of drug-likeness (QED) is 0.231. The maximum Gasteiger partial charge on any atom is 0.293 e. The highest BCUT2D eigenvalue weighted by atomic mass is 35.5. The molecule has 0 aliphatic carbocycles. The number of rotatable bonds is 6. The van der Waals surface area contributed by atoms with E-state index in [2.05, 4.69) is 20.4 Å². The minimum Gasteiger partial charge on any atom is -0.462 e. The molecule has 204 valence electrons. The van der Waals surface area contributed by atoms with Crippen molar-refractivity contribution in [1.29, 1.82) is 0 Å². The summed E-state index contributed by atoms with van der Waals surface area (Å²) in [5.74, 6) is -0.743. The summed E-state index contributed by atoms with van der Waals surface area (Å²) in [5, 5.41) is 6.65. The summed E-state index contributed by atoms with van der Waals surface area (Å²) in [6.07, 6.45) is 1.40. The molecule has 1 aliphatic rings. The average Bonchev–Trinajstić information content (AvgIpc) is 2.92. The van der Waals surface area contributed by atoms with Crippen LogP contribution in [0.25, 0.3) is 0 Å². The molecule has 0 bridgehead atoms. The topological polar surface area (TPSA) is 123 Å². The summed E-state index contributed by atoms with van der Waals surface area (Å²) in [5.41, 5.74) is 9.04. The fourth-order valence-corrected chi connectivity index (χ4v) is 3.95. The number of para-hydroxylation sites is 1. The van der Waals surface area contributed by atoms with Crippen molar-refractivity contribution >= 4 is 41.4 Å². The number of ether oxygens (including phenoxy) is 1. The maximum atomic E-state index is 13.1. The number of amides is 2. The van der Waals surface area contributed by atoms with Crippen molar-refractivity contribution in [3.8, 4) is 0 Å². The van der Waals surface area contributed by atoms with Gasteiger partial charge in [-0.25, -0.2) is 0 Å². The standard InChI is InChI=1S/C25H23ClN4O2.C5H10O2/c26-19-13-10-17(11-14-19)22(25(32)30-23(27)18-7-2-1-3-8-18)29-24(31)21-15-12-16-6-4-5-9-20(16)28-21;1-5(2,3)7-4-6/h1-11,13-14,21-22,28H,12,15H2,(H,29,31)(H2,27,30,32);4H,1-3H3. The predicted octanol–water partition coefficient (Wildman–Crippen LogP) is 4.81. The van der Waals surface area contributed by atoms with Gasteiger partial charge in [-0.05, 0) is 62.9 Å². The van der Waals surface area contributed by atoms with Crippen molar-refractivity contribution in [2.45, 2.75) is 51.3 Å². The zero-order chi connectivity index (χ0) is 28.4. The molecule has 3 aromatic carbocycles. The first-order valence-corrected chi connectivity index (χ1v) is 12.9. The third-order valence-electron chi connectivity index (χ3n) is 5.80. The van der Waals surface area contributed by atoms with E-state index >= 15 is 0 Å². The van der Waals surface area contributed by atoms with Gasteiger partial charge in [0.1, 0.15) is 23.5 Å². The van der Waals surface area contributed by atoms with E-state index in [0.29, 0.717) is 29.0 Å². The Balaban J connectivity index is 0.000000532. The number of nitrogens with one attached hydrogen (secondary N) is 2. The number of carbonyl (C=O) groups is 3. The number of anilines is 1. The minimum absolute atomic E-state index is 0.0912. The molecule has 39 heavy (non-hydrogen) atoms. The van der Waals surface area contributed by atoms with Gasteiger partial charge in [-0.1, -0.05) is 72.3 Å². The van der Waals surface area contributed by atoms with Crippen LogP contribution in [0, 0.1) is 0 Å². The zero-order valence-corrected chi connectivity index (χ0v) is 22.9. The van der Waals surface area contributed by atoms with Crippen LogP contribution >= 0.6 is 11.6 Å². The summed E-state index contributed by atoms with van der Waals surface area (Å²) in [6, 6.07) is 22.2. The normalized spacial score (nSPS) is 15.4. The Bertz CT molecular complexity index is 1300. The van der Waals surface area contributed by atoms with Crippen molar-refractivity contribution in [2.75, 3.05) is 5.32 Å². The van der Waals surface area contributed by atoms with Crippen molar-refractivity contribution in [2.24, 2.45) is 10.7 Å². The van der Waals surface area contributed by atoms with Gasteiger partial charge in [0.25, 0.3) is 12.4 Å². The van der Waals surface area contributed by atoms with E-state index in [9.17, 15) is 14.4 Å². The van der Waals surface area contributed by atoms with Crippen molar-refractivity contribution < 1.29 is 19.1 Å². The average molecular weight is 549 g/mol. The Kier molecular flexibility index (Phi) is 10.2. The summed E-state index contributed by atoms with van der Waals surface area (Å²) in [6.45, 7) is 5.92. The molecule has 4 rings (SSSR count). The van der Waals surface area contributed by atoms with Gasteiger partial charge in [-0.2, -0.15) is 4.99 Å². The number of aryl methyl sites for hydroxylation is 1. The van der Waals surface area contributed by atoms with Crippen LogP contribution in [0.15, 0.2) is 83.9 Å². The van der Waals surface area contributed by atoms with E-state index in [1.54, 1.807) is 36.4 Å². The van der Waals surface area contributed by atoms with E-state index in [1.807, 2.05) is 63.2 Å². The van der Waals surface area contributed by atoms with Crippen molar-refractivity contribution in [3.63, 3.8) is 0 Å². The number of halogens is 1. The van der Waals surface area contributed by atoms with E-state index in [1.165, 1.54) is 5.56 Å². The van der Waals surface area contributed by atoms with Crippen LogP contribution in [0.1, 0.15) is 49.9 Å². The largest absolute Gasteiger partial charge is 0.462 e. The Morgan fingerprint density at radius 1 is 1.05 bits per heavy atom. The summed E-state index contributed by atoms with van der Waals surface area (Å²) >= 11 is 6.01. The molecule has 8 nitrogen and oxygen atoms in total. The third kappa shape index (κ3) is 8.97. The van der Waals surface area contributed by atoms with Crippen LogP contribution in [0.5, 0.6) is 0 Å². The number of amidine groups is 1. The first-order valence-electron chi connectivity index (χ1n) is 12.5. The number of benzene rings is 3. The lowest BCUT2D eigenvalue weighted by Gasteiger charge is -2.27. The minimum atomic E-state index is -0.985. The first kappa shape index (κ1) is 29.4. The van der Waals surface area contributed by atoms with Crippen molar-refractivity contribution in [1.82, 2.24) is 5.32 Å². The van der Waals surface area contributed by atoms with Gasteiger partial charge in [-0.3, -0.25) is 14.4 Å². The molecule has 1 heterocycles. The monoisotopic (exact) mass is 548 g/mol. The molecule has 3 aromatic rings. The first-order chi connectivity index (χ1) is 18.6. The highest BCUT2D eigenvalue weighted by molar-refractivity contribution is 6.30. The third-order valence-corrected chi connectivity index (χ3v) is 6.06. The number of fused-ring (bicyclic) bond motifs is 1. The number of carbonyl (C=O) groups excluding carboxylic acids is 3. The maximum absolute atomic E-state index is 13.1. The molecular weight excluding hydrogens is 516 g/mol. The summed E-state index contributed by atoms with van der Waals surface area (Å²) < 4.78 is 4.55. The van der Waals surface area contributed by atoms with Crippen LogP contribution in [-0.2, 0) is 25.5 Å². The molecule has 0 saturated heterocycles. The van der Waals surface area contributed by atoms with Crippen LogP contribution in [0.4, 0.5) is 5.69 Å².